The van der Waals surface area contributed by atoms with Crippen LogP contribution in [0.4, 0.5) is 0 Å². The molecule has 0 aromatic heterocycles. The van der Waals surface area contributed by atoms with E-state index in [-0.39, 0.29) is 11.6 Å². The minimum absolute atomic E-state index is 0.0332. The Hall–Kier alpha value is -1.02. The fraction of sp³-hybridized carbons (Fsp3) is 0.625. The maximum Gasteiger partial charge on any atom is 0.123 e. The third-order valence-electron chi connectivity index (χ3n) is 3.62. The first-order valence-electron chi connectivity index (χ1n) is 6.95. The van der Waals surface area contributed by atoms with Crippen LogP contribution in [0.15, 0.2) is 18.2 Å². The highest BCUT2D eigenvalue weighted by Crippen LogP contribution is 2.34. The molecule has 1 aromatic carbocycles. The molecule has 1 aromatic rings. The van der Waals surface area contributed by atoms with E-state index < -0.39 is 0 Å². The summed E-state index contributed by atoms with van der Waals surface area (Å²) in [7, 11) is 0. The Morgan fingerprint density at radius 1 is 1.33 bits per heavy atom. The molecule has 1 atom stereocenters. The maximum absolute atomic E-state index is 6.24. The van der Waals surface area contributed by atoms with E-state index in [9.17, 15) is 0 Å². The molecule has 2 N–H and O–H groups in total. The van der Waals surface area contributed by atoms with Gasteiger partial charge in [0, 0.05) is 6.04 Å². The first kappa shape index (κ1) is 13.4. The lowest BCUT2D eigenvalue weighted by Gasteiger charge is -2.33. The summed E-state index contributed by atoms with van der Waals surface area (Å²) >= 11 is 0. The van der Waals surface area contributed by atoms with Crippen molar-refractivity contribution in [2.45, 2.75) is 58.6 Å². The third kappa shape index (κ3) is 3.05. The summed E-state index contributed by atoms with van der Waals surface area (Å²) < 4.78 is 5.99. The number of aryl methyl sites for hydroxylation is 1. The molecule has 0 amide bonds. The highest BCUT2D eigenvalue weighted by molar-refractivity contribution is 5.40. The van der Waals surface area contributed by atoms with E-state index in [0.717, 1.165) is 25.0 Å². The van der Waals surface area contributed by atoms with Crippen LogP contribution in [0.25, 0.3) is 0 Å². The van der Waals surface area contributed by atoms with Gasteiger partial charge in [-0.25, -0.2) is 0 Å². The number of nitrogens with two attached hydrogens (primary N) is 1. The summed E-state index contributed by atoms with van der Waals surface area (Å²) in [4.78, 5) is 0. The third-order valence-corrected chi connectivity index (χ3v) is 3.62. The maximum atomic E-state index is 6.24. The average molecular weight is 247 g/mol. The molecule has 1 aliphatic heterocycles. The molecule has 1 heterocycles. The monoisotopic (exact) mass is 247 g/mol. The molecule has 100 valence electrons. The van der Waals surface area contributed by atoms with Gasteiger partial charge in [0.1, 0.15) is 11.4 Å². The van der Waals surface area contributed by atoms with Crippen LogP contribution < -0.4 is 10.5 Å². The number of hydrogen-bond acceptors (Lipinski definition) is 2. The van der Waals surface area contributed by atoms with Gasteiger partial charge in [0.05, 0.1) is 0 Å². The summed E-state index contributed by atoms with van der Waals surface area (Å²) in [6.45, 7) is 8.72. The van der Waals surface area contributed by atoms with Crippen molar-refractivity contribution < 1.29 is 4.74 Å². The zero-order valence-corrected chi connectivity index (χ0v) is 12.0. The van der Waals surface area contributed by atoms with Crippen LogP contribution in [-0.4, -0.2) is 5.60 Å². The van der Waals surface area contributed by atoms with Gasteiger partial charge in [-0.15, -0.1) is 0 Å². The Bertz CT molecular complexity index is 423. The van der Waals surface area contributed by atoms with Gasteiger partial charge in [-0.3, -0.25) is 0 Å². The standard InChI is InChI=1S/C16H25NO/c1-11(2)9-14(17)12-5-6-15-13(10-12)7-8-16(3,4)18-15/h5-6,10-11,14H,7-9,17H2,1-4H3. The van der Waals surface area contributed by atoms with E-state index in [2.05, 4.69) is 45.9 Å². The molecule has 1 unspecified atom stereocenters. The van der Waals surface area contributed by atoms with Gasteiger partial charge in [0.25, 0.3) is 0 Å². The number of benzene rings is 1. The SMILES string of the molecule is CC(C)CC(N)c1ccc2c(c1)CCC(C)(C)O2. The second-order valence-corrected chi connectivity index (χ2v) is 6.46. The molecule has 0 saturated heterocycles. The molecule has 0 bridgehead atoms. The van der Waals surface area contributed by atoms with Crippen LogP contribution in [0.1, 0.15) is 57.7 Å². The highest BCUT2D eigenvalue weighted by atomic mass is 16.5. The molecule has 0 aliphatic carbocycles. The van der Waals surface area contributed by atoms with Crippen molar-refractivity contribution in [2.75, 3.05) is 0 Å². The average Bonchev–Trinajstić information content (AvgIpc) is 2.26. The molecule has 1 aliphatic rings. The Kier molecular flexibility index (Phi) is 3.67. The van der Waals surface area contributed by atoms with Crippen LogP contribution >= 0.6 is 0 Å². The van der Waals surface area contributed by atoms with Crippen LogP contribution in [-0.2, 0) is 6.42 Å². The smallest absolute Gasteiger partial charge is 0.123 e. The van der Waals surface area contributed by atoms with Gasteiger partial charge >= 0.3 is 0 Å². The van der Waals surface area contributed by atoms with E-state index >= 15 is 0 Å². The van der Waals surface area contributed by atoms with E-state index in [1.807, 2.05) is 0 Å². The van der Waals surface area contributed by atoms with Gasteiger partial charge in [0.2, 0.25) is 0 Å². The Morgan fingerprint density at radius 2 is 2.06 bits per heavy atom. The lowest BCUT2D eigenvalue weighted by molar-refractivity contribution is 0.0846. The zero-order valence-electron chi connectivity index (χ0n) is 12.0. The van der Waals surface area contributed by atoms with Gasteiger partial charge in [-0.1, -0.05) is 26.0 Å². The highest BCUT2D eigenvalue weighted by Gasteiger charge is 2.26. The minimum Gasteiger partial charge on any atom is -0.488 e. The summed E-state index contributed by atoms with van der Waals surface area (Å²) in [5.74, 6) is 1.66. The van der Waals surface area contributed by atoms with Crippen molar-refractivity contribution in [3.05, 3.63) is 29.3 Å². The lowest BCUT2D eigenvalue weighted by Crippen LogP contribution is -2.32. The summed E-state index contributed by atoms with van der Waals surface area (Å²) in [5, 5.41) is 0. The van der Waals surface area contributed by atoms with Crippen molar-refractivity contribution >= 4 is 0 Å². The molecule has 0 saturated carbocycles. The predicted molar refractivity (Wildman–Crippen MR) is 75.9 cm³/mol. The number of rotatable bonds is 3. The van der Waals surface area contributed by atoms with Crippen LogP contribution in [0.3, 0.4) is 0 Å². The molecular weight excluding hydrogens is 222 g/mol. The second-order valence-electron chi connectivity index (χ2n) is 6.46. The van der Waals surface area contributed by atoms with Crippen molar-refractivity contribution in [2.24, 2.45) is 11.7 Å². The Morgan fingerprint density at radius 3 is 2.72 bits per heavy atom. The number of fused-ring (bicyclic) bond motifs is 1. The van der Waals surface area contributed by atoms with Crippen LogP contribution in [0, 0.1) is 5.92 Å². The summed E-state index contributed by atoms with van der Waals surface area (Å²) in [6, 6.07) is 6.58. The minimum atomic E-state index is -0.0332. The Balaban J connectivity index is 2.18. The largest absolute Gasteiger partial charge is 0.488 e. The molecule has 2 rings (SSSR count). The van der Waals surface area contributed by atoms with Crippen LogP contribution in [0.5, 0.6) is 5.75 Å². The van der Waals surface area contributed by atoms with Gasteiger partial charge in [-0.05, 0) is 56.2 Å². The normalized spacial score (nSPS) is 19.2. The second kappa shape index (κ2) is 4.93. The van der Waals surface area contributed by atoms with Crippen molar-refractivity contribution in [3.63, 3.8) is 0 Å². The molecule has 18 heavy (non-hydrogen) atoms. The topological polar surface area (TPSA) is 35.2 Å². The van der Waals surface area contributed by atoms with Gasteiger partial charge in [0.15, 0.2) is 0 Å². The molecular formula is C16H25NO. The molecule has 0 radical (unpaired) electrons. The van der Waals surface area contributed by atoms with Gasteiger partial charge < -0.3 is 10.5 Å². The van der Waals surface area contributed by atoms with E-state index in [1.54, 1.807) is 0 Å². The first-order valence-corrected chi connectivity index (χ1v) is 6.95. The van der Waals surface area contributed by atoms with Crippen molar-refractivity contribution in [3.8, 4) is 5.75 Å². The first-order chi connectivity index (χ1) is 8.37. The lowest BCUT2D eigenvalue weighted by atomic mass is 9.91. The fourth-order valence-corrected chi connectivity index (χ4v) is 2.55. The predicted octanol–water partition coefficient (Wildman–Crippen LogP) is 3.84. The van der Waals surface area contributed by atoms with E-state index in [4.69, 9.17) is 10.5 Å². The zero-order chi connectivity index (χ0) is 13.3. The number of hydrogen-bond donors (Lipinski definition) is 1. The fourth-order valence-electron chi connectivity index (χ4n) is 2.55. The molecule has 0 fully saturated rings. The quantitative estimate of drug-likeness (QED) is 0.881. The summed E-state index contributed by atoms with van der Waals surface area (Å²) in [6.07, 6.45) is 3.19. The molecule has 2 nitrogen and oxygen atoms in total. The molecule has 2 heteroatoms. The van der Waals surface area contributed by atoms with Crippen molar-refractivity contribution in [1.29, 1.82) is 0 Å². The Labute approximate surface area is 111 Å². The molecule has 0 spiro atoms. The van der Waals surface area contributed by atoms with E-state index in [1.165, 1.54) is 11.1 Å². The van der Waals surface area contributed by atoms with Crippen molar-refractivity contribution in [1.82, 2.24) is 0 Å². The summed E-state index contributed by atoms with van der Waals surface area (Å²) in [5.41, 5.74) is 8.76. The van der Waals surface area contributed by atoms with Gasteiger partial charge in [-0.2, -0.15) is 0 Å². The number of ether oxygens (including phenoxy) is 1. The van der Waals surface area contributed by atoms with Crippen LogP contribution in [0.2, 0.25) is 0 Å². The van der Waals surface area contributed by atoms with E-state index in [0.29, 0.717) is 5.92 Å².